The van der Waals surface area contributed by atoms with Gasteiger partial charge in [0, 0.05) is 55.1 Å². The number of hydrogen-bond donors (Lipinski definition) is 3. The second-order valence-electron chi connectivity index (χ2n) is 16.2. The molecule has 3 fully saturated rings. The Kier molecular flexibility index (Phi) is 12.8. The molecule has 6 rings (SSSR count). The van der Waals surface area contributed by atoms with Gasteiger partial charge in [0.25, 0.3) is 5.91 Å². The molecule has 0 bridgehead atoms. The molecule has 0 spiro atoms. The SMILES string of the molecule is CC(C)c1cc(N2C(=S)N(c3ccc(C#N)c(C(F)(F)F)c3)C(=O)C2(C)C)cnc1OCCN1C[C@@H](C)N(CC(=O)Nc2cccc(NC3CCC(=O)NC3=O)c2)[C@@H](C)C1. The van der Waals surface area contributed by atoms with Gasteiger partial charge in [0.2, 0.25) is 23.6 Å². The molecule has 0 aliphatic carbocycles. The first-order chi connectivity index (χ1) is 28.3. The molecule has 3 aliphatic heterocycles. The van der Waals surface area contributed by atoms with Gasteiger partial charge in [0.15, 0.2) is 5.11 Å². The summed E-state index contributed by atoms with van der Waals surface area (Å²) < 4.78 is 47.7. The van der Waals surface area contributed by atoms with Crippen molar-refractivity contribution in [1.29, 1.82) is 5.26 Å². The Balaban J connectivity index is 1.05. The molecular weight excluding hydrogens is 800 g/mol. The van der Waals surface area contributed by atoms with E-state index in [4.69, 9.17) is 17.0 Å². The molecule has 1 aromatic heterocycles. The molecule has 0 radical (unpaired) electrons. The zero-order chi connectivity index (χ0) is 43.7. The molecule has 1 unspecified atom stereocenters. The van der Waals surface area contributed by atoms with E-state index in [-0.39, 0.29) is 59.5 Å². The molecule has 3 saturated heterocycles. The van der Waals surface area contributed by atoms with E-state index >= 15 is 0 Å². The lowest BCUT2D eigenvalue weighted by Crippen LogP contribution is -2.58. The highest BCUT2D eigenvalue weighted by Crippen LogP contribution is 2.41. The van der Waals surface area contributed by atoms with Crippen molar-refractivity contribution >= 4 is 63.7 Å². The number of alkyl halides is 3. The van der Waals surface area contributed by atoms with Crippen molar-refractivity contribution in [2.45, 2.75) is 90.1 Å². The summed E-state index contributed by atoms with van der Waals surface area (Å²) in [5.41, 5.74) is -0.619. The number of imide groups is 1. The Labute approximate surface area is 352 Å². The van der Waals surface area contributed by atoms with Gasteiger partial charge in [-0.15, -0.1) is 0 Å². The number of amides is 4. The summed E-state index contributed by atoms with van der Waals surface area (Å²) in [6, 6.07) is 13.2. The van der Waals surface area contributed by atoms with Crippen LogP contribution in [0.5, 0.6) is 5.88 Å². The van der Waals surface area contributed by atoms with Crippen molar-refractivity contribution in [3.63, 3.8) is 0 Å². The fraction of sp³-hybridized carbons (Fsp3) is 0.452. The summed E-state index contributed by atoms with van der Waals surface area (Å²) in [5.74, 6) is -1.00. The van der Waals surface area contributed by atoms with E-state index < -0.39 is 34.8 Å². The topological polar surface area (TPSA) is 163 Å². The Hall–Kier alpha value is -5.64. The van der Waals surface area contributed by atoms with Gasteiger partial charge in [0.1, 0.15) is 18.2 Å². The second-order valence-corrected chi connectivity index (χ2v) is 16.5. The molecule has 4 amide bonds. The molecule has 3 aromatic rings. The molecule has 0 saturated carbocycles. The largest absolute Gasteiger partial charge is 0.476 e. The third-order valence-corrected chi connectivity index (χ3v) is 11.3. The average molecular weight is 848 g/mol. The van der Waals surface area contributed by atoms with Crippen LogP contribution in [0.15, 0.2) is 54.7 Å². The van der Waals surface area contributed by atoms with Crippen LogP contribution in [-0.4, -0.2) is 100.0 Å². The minimum Gasteiger partial charge on any atom is -0.476 e. The van der Waals surface area contributed by atoms with Crippen LogP contribution in [0.4, 0.5) is 35.9 Å². The third kappa shape index (κ3) is 9.38. The lowest BCUT2D eigenvalue weighted by atomic mass is 10.0. The van der Waals surface area contributed by atoms with Gasteiger partial charge in [-0.3, -0.25) is 39.2 Å². The van der Waals surface area contributed by atoms with Crippen LogP contribution >= 0.6 is 12.2 Å². The molecule has 18 heteroatoms. The number of hydrogen-bond acceptors (Lipinski definition) is 11. The Morgan fingerprint density at radius 2 is 1.77 bits per heavy atom. The van der Waals surface area contributed by atoms with Crippen LogP contribution in [0.1, 0.15) is 77.0 Å². The number of rotatable bonds is 12. The van der Waals surface area contributed by atoms with Crippen molar-refractivity contribution in [2.24, 2.45) is 0 Å². The molecule has 3 N–H and O–H groups in total. The predicted molar refractivity (Wildman–Crippen MR) is 224 cm³/mol. The van der Waals surface area contributed by atoms with Gasteiger partial charge >= 0.3 is 6.18 Å². The van der Waals surface area contributed by atoms with Crippen LogP contribution in [0, 0.1) is 11.3 Å². The van der Waals surface area contributed by atoms with Crippen LogP contribution in [0.25, 0.3) is 0 Å². The van der Waals surface area contributed by atoms with Crippen molar-refractivity contribution in [1.82, 2.24) is 20.1 Å². The molecule has 318 valence electrons. The Bertz CT molecular complexity index is 2220. The first-order valence-electron chi connectivity index (χ1n) is 19.7. The van der Waals surface area contributed by atoms with Gasteiger partial charge in [-0.2, -0.15) is 18.4 Å². The number of piperidine rings is 1. The first-order valence-corrected chi connectivity index (χ1v) is 20.1. The Morgan fingerprint density at radius 1 is 1.07 bits per heavy atom. The van der Waals surface area contributed by atoms with E-state index in [1.165, 1.54) is 12.3 Å². The number of carbonyl (C=O) groups excluding carboxylic acids is 4. The number of nitrogens with one attached hydrogen (secondary N) is 3. The summed E-state index contributed by atoms with van der Waals surface area (Å²) in [5, 5.41) is 17.7. The first kappa shape index (κ1) is 43.9. The normalized spacial score (nSPS) is 21.2. The monoisotopic (exact) mass is 847 g/mol. The molecule has 60 heavy (non-hydrogen) atoms. The van der Waals surface area contributed by atoms with E-state index in [2.05, 4.69) is 44.6 Å². The number of aromatic nitrogens is 1. The molecule has 3 atom stereocenters. The summed E-state index contributed by atoms with van der Waals surface area (Å²) >= 11 is 5.72. The number of pyridine rings is 1. The van der Waals surface area contributed by atoms with Crippen molar-refractivity contribution in [2.75, 3.05) is 53.2 Å². The summed E-state index contributed by atoms with van der Waals surface area (Å²) in [4.78, 5) is 62.3. The minimum absolute atomic E-state index is 0.0265. The standard InChI is InChI=1S/C42H48F3N9O5S/c1-24(2)32-17-31(54-40(60)53(39(58)41(54,5)6)30-11-10-27(19-46)33(18-30)42(43,44)45)20-47-38(32)59-15-14-51-21-25(3)52(26(4)22-51)23-36(56)49-29-9-7-8-28(16-29)48-34-12-13-35(55)50-37(34)57/h7-11,16-18,20,24-26,34,48H,12-15,21-23H2,1-6H3,(H,49,56)(H,50,55,57)/t25-,26+,34?. The molecular formula is C42H48F3N9O5S. The zero-order valence-corrected chi connectivity index (χ0v) is 35.0. The number of nitriles is 1. The van der Waals surface area contributed by atoms with E-state index in [0.717, 1.165) is 22.6 Å². The van der Waals surface area contributed by atoms with Gasteiger partial charge in [-0.05, 0) is 94.7 Å². The van der Waals surface area contributed by atoms with Gasteiger partial charge in [-0.25, -0.2) is 4.98 Å². The number of benzene rings is 2. The fourth-order valence-electron chi connectivity index (χ4n) is 7.89. The van der Waals surface area contributed by atoms with E-state index in [1.807, 2.05) is 19.9 Å². The second kappa shape index (κ2) is 17.5. The maximum Gasteiger partial charge on any atom is 0.417 e. The van der Waals surface area contributed by atoms with E-state index in [9.17, 15) is 37.6 Å². The van der Waals surface area contributed by atoms with Crippen molar-refractivity contribution in [3.05, 3.63) is 71.4 Å². The van der Waals surface area contributed by atoms with Gasteiger partial charge in [-0.1, -0.05) is 19.9 Å². The molecule has 3 aliphatic rings. The zero-order valence-electron chi connectivity index (χ0n) is 34.2. The van der Waals surface area contributed by atoms with Crippen LogP contribution in [0.3, 0.4) is 0 Å². The van der Waals surface area contributed by atoms with Crippen LogP contribution in [-0.2, 0) is 25.4 Å². The highest BCUT2D eigenvalue weighted by atomic mass is 32.1. The third-order valence-electron chi connectivity index (χ3n) is 11.0. The highest BCUT2D eigenvalue weighted by Gasteiger charge is 2.51. The van der Waals surface area contributed by atoms with Crippen LogP contribution in [0.2, 0.25) is 0 Å². The van der Waals surface area contributed by atoms with Crippen molar-refractivity contribution < 1.29 is 37.1 Å². The van der Waals surface area contributed by atoms with Crippen LogP contribution < -0.4 is 30.5 Å². The minimum atomic E-state index is -4.81. The maximum atomic E-state index is 13.8. The number of nitrogens with zero attached hydrogens (tertiary/aromatic N) is 6. The van der Waals surface area contributed by atoms with Gasteiger partial charge in [0.05, 0.1) is 41.3 Å². The van der Waals surface area contributed by atoms with Gasteiger partial charge < -0.3 is 20.3 Å². The fourth-order valence-corrected chi connectivity index (χ4v) is 8.41. The molecule has 14 nitrogen and oxygen atoms in total. The molecule has 2 aromatic carbocycles. The lowest BCUT2D eigenvalue weighted by molar-refractivity contribution is -0.138. The predicted octanol–water partition coefficient (Wildman–Crippen LogP) is 5.64. The number of thiocarbonyl (C=S) groups is 1. The maximum absolute atomic E-state index is 13.8. The average Bonchev–Trinajstić information content (AvgIpc) is 3.35. The summed E-state index contributed by atoms with van der Waals surface area (Å²) in [7, 11) is 0. The lowest BCUT2D eigenvalue weighted by Gasteiger charge is -2.44. The van der Waals surface area contributed by atoms with E-state index in [0.29, 0.717) is 55.6 Å². The number of ether oxygens (including phenoxy) is 1. The number of piperazine rings is 1. The van der Waals surface area contributed by atoms with Crippen molar-refractivity contribution in [3.8, 4) is 11.9 Å². The Morgan fingerprint density at radius 3 is 2.42 bits per heavy atom. The quantitative estimate of drug-likeness (QED) is 0.152. The smallest absolute Gasteiger partial charge is 0.417 e. The number of carbonyl (C=O) groups is 4. The number of halogens is 3. The summed E-state index contributed by atoms with van der Waals surface area (Å²) in [6.45, 7) is 13.9. The highest BCUT2D eigenvalue weighted by molar-refractivity contribution is 7.81. The number of anilines is 4. The molecule has 4 heterocycles. The summed E-state index contributed by atoms with van der Waals surface area (Å²) in [6.07, 6.45) is -2.63. The van der Waals surface area contributed by atoms with E-state index in [1.54, 1.807) is 49.1 Å².